The molecule has 2 heterocycles. The summed E-state index contributed by atoms with van der Waals surface area (Å²) in [5.41, 5.74) is 8.51. The predicted molar refractivity (Wildman–Crippen MR) is 155 cm³/mol. The Morgan fingerprint density at radius 1 is 1.18 bits per heavy atom. The SMILES string of the molecule is Cc1cc(C)c2cccc(OCc3c(Cl)ccc(S(=O)(=O)N4CCC[C@H]4C(=O)NCCCCCN)c3Cl)c2n1. The van der Waals surface area contributed by atoms with Gasteiger partial charge in [0, 0.05) is 34.8 Å². The molecule has 11 heteroatoms. The lowest BCUT2D eigenvalue weighted by Crippen LogP contribution is -2.46. The van der Waals surface area contributed by atoms with Gasteiger partial charge < -0.3 is 15.8 Å². The summed E-state index contributed by atoms with van der Waals surface area (Å²) in [5.74, 6) is 0.244. The van der Waals surface area contributed by atoms with Gasteiger partial charge >= 0.3 is 0 Å². The Balaban J connectivity index is 1.56. The van der Waals surface area contributed by atoms with Crippen LogP contribution in [0, 0.1) is 13.8 Å². The molecule has 1 atom stereocenters. The molecule has 1 saturated heterocycles. The van der Waals surface area contributed by atoms with Crippen LogP contribution in [-0.4, -0.2) is 49.3 Å². The Kier molecular flexibility index (Phi) is 9.72. The first-order valence-corrected chi connectivity index (χ1v) is 15.3. The van der Waals surface area contributed by atoms with Gasteiger partial charge in [-0.25, -0.2) is 13.4 Å². The highest BCUT2D eigenvalue weighted by atomic mass is 35.5. The van der Waals surface area contributed by atoms with Crippen LogP contribution in [0.1, 0.15) is 48.9 Å². The van der Waals surface area contributed by atoms with E-state index < -0.39 is 16.1 Å². The highest BCUT2D eigenvalue weighted by Gasteiger charge is 2.40. The van der Waals surface area contributed by atoms with E-state index in [0.717, 1.165) is 35.9 Å². The van der Waals surface area contributed by atoms with Gasteiger partial charge in [0.15, 0.2) is 0 Å². The monoisotopic (exact) mass is 592 g/mol. The van der Waals surface area contributed by atoms with Gasteiger partial charge in [0.25, 0.3) is 0 Å². The number of sulfonamides is 1. The molecule has 0 spiro atoms. The largest absolute Gasteiger partial charge is 0.487 e. The van der Waals surface area contributed by atoms with E-state index in [1.165, 1.54) is 16.4 Å². The van der Waals surface area contributed by atoms with E-state index >= 15 is 0 Å². The number of amides is 1. The van der Waals surface area contributed by atoms with Crippen LogP contribution in [0.5, 0.6) is 5.75 Å². The van der Waals surface area contributed by atoms with Gasteiger partial charge in [0.1, 0.15) is 28.8 Å². The molecule has 1 aromatic heterocycles. The second kappa shape index (κ2) is 12.8. The van der Waals surface area contributed by atoms with Gasteiger partial charge in [0.05, 0.1) is 5.02 Å². The number of halogens is 2. The predicted octanol–water partition coefficient (Wildman–Crippen LogP) is 5.14. The Hall–Kier alpha value is -2.43. The van der Waals surface area contributed by atoms with Crippen molar-refractivity contribution in [2.75, 3.05) is 19.6 Å². The summed E-state index contributed by atoms with van der Waals surface area (Å²) in [6.45, 7) is 5.19. The van der Waals surface area contributed by atoms with Crippen LogP contribution < -0.4 is 15.8 Å². The molecule has 8 nitrogen and oxygen atoms in total. The second-order valence-corrected chi connectivity index (χ2v) is 12.4. The maximum atomic E-state index is 13.7. The number of carbonyl (C=O) groups is 1. The van der Waals surface area contributed by atoms with E-state index in [-0.39, 0.29) is 34.0 Å². The first-order valence-electron chi connectivity index (χ1n) is 13.1. The van der Waals surface area contributed by atoms with Gasteiger partial charge in [-0.1, -0.05) is 41.8 Å². The molecule has 3 aromatic rings. The highest BCUT2D eigenvalue weighted by molar-refractivity contribution is 7.89. The number of rotatable bonds is 11. The highest BCUT2D eigenvalue weighted by Crippen LogP contribution is 2.36. The third kappa shape index (κ3) is 6.49. The summed E-state index contributed by atoms with van der Waals surface area (Å²) in [5, 5.41) is 4.10. The number of nitrogens with one attached hydrogen (secondary N) is 1. The Bertz CT molecular complexity index is 1470. The van der Waals surface area contributed by atoms with Crippen molar-refractivity contribution in [3.63, 3.8) is 0 Å². The average Bonchev–Trinajstić information content (AvgIpc) is 3.40. The number of nitrogens with zero attached hydrogens (tertiary/aromatic N) is 2. The van der Waals surface area contributed by atoms with Crippen LogP contribution >= 0.6 is 23.2 Å². The molecule has 210 valence electrons. The van der Waals surface area contributed by atoms with E-state index in [4.69, 9.17) is 33.7 Å². The minimum Gasteiger partial charge on any atom is -0.487 e. The summed E-state index contributed by atoms with van der Waals surface area (Å²) >= 11 is 13.1. The van der Waals surface area contributed by atoms with Crippen molar-refractivity contribution in [1.29, 1.82) is 0 Å². The molecule has 0 radical (unpaired) electrons. The maximum absolute atomic E-state index is 13.7. The van der Waals surface area contributed by atoms with Crippen LogP contribution in [0.2, 0.25) is 10.0 Å². The number of benzene rings is 2. The van der Waals surface area contributed by atoms with Crippen molar-refractivity contribution in [3.05, 3.63) is 63.3 Å². The first-order chi connectivity index (χ1) is 18.6. The number of nitrogens with two attached hydrogens (primary N) is 1. The Morgan fingerprint density at radius 3 is 2.74 bits per heavy atom. The molecular weight excluding hydrogens is 559 g/mol. The molecule has 0 saturated carbocycles. The van der Waals surface area contributed by atoms with Gasteiger partial charge in [-0.05, 0) is 75.9 Å². The fraction of sp³-hybridized carbons (Fsp3) is 0.429. The van der Waals surface area contributed by atoms with Crippen LogP contribution in [0.4, 0.5) is 0 Å². The van der Waals surface area contributed by atoms with Gasteiger partial charge in [0.2, 0.25) is 15.9 Å². The lowest BCUT2D eigenvalue weighted by Gasteiger charge is -2.24. The number of pyridine rings is 1. The minimum atomic E-state index is -4.07. The maximum Gasteiger partial charge on any atom is 0.245 e. The summed E-state index contributed by atoms with van der Waals surface area (Å²) in [6.07, 6.45) is 3.61. The molecular formula is C28H34Cl2N4O4S. The van der Waals surface area contributed by atoms with Crippen molar-refractivity contribution in [2.24, 2.45) is 5.73 Å². The van der Waals surface area contributed by atoms with E-state index in [2.05, 4.69) is 10.3 Å². The molecule has 0 aliphatic carbocycles. The van der Waals surface area contributed by atoms with Crippen molar-refractivity contribution in [2.45, 2.75) is 63.5 Å². The number of aromatic nitrogens is 1. The van der Waals surface area contributed by atoms with Crippen LogP contribution in [-0.2, 0) is 21.4 Å². The normalized spacial score (nSPS) is 16.1. The number of carbonyl (C=O) groups excluding carboxylic acids is 1. The molecule has 0 bridgehead atoms. The smallest absolute Gasteiger partial charge is 0.245 e. The lowest BCUT2D eigenvalue weighted by molar-refractivity contribution is -0.124. The van der Waals surface area contributed by atoms with Gasteiger partial charge in [-0.2, -0.15) is 4.31 Å². The number of unbranched alkanes of at least 4 members (excludes halogenated alkanes) is 2. The lowest BCUT2D eigenvalue weighted by atomic mass is 10.1. The van der Waals surface area contributed by atoms with Crippen molar-refractivity contribution in [3.8, 4) is 5.75 Å². The van der Waals surface area contributed by atoms with Gasteiger partial charge in [-0.3, -0.25) is 4.79 Å². The third-order valence-corrected chi connectivity index (χ3v) is 9.78. The molecule has 2 aromatic carbocycles. The van der Waals surface area contributed by atoms with Crippen LogP contribution in [0.3, 0.4) is 0 Å². The molecule has 0 unspecified atom stereocenters. The van der Waals surface area contributed by atoms with Crippen molar-refractivity contribution in [1.82, 2.24) is 14.6 Å². The van der Waals surface area contributed by atoms with Crippen molar-refractivity contribution < 1.29 is 17.9 Å². The summed E-state index contributed by atoms with van der Waals surface area (Å²) in [6, 6.07) is 9.75. The standard InChI is InChI=1S/C28H34Cl2N4O4S/c1-18-16-19(2)33-27-20(18)8-6-10-24(27)38-17-21-22(29)11-12-25(26(21)30)39(36,37)34-15-7-9-23(34)28(35)32-14-5-3-4-13-31/h6,8,10-12,16,23H,3-5,7,9,13-15,17,31H2,1-2H3,(H,32,35)/t23-/m0/s1. The number of aryl methyl sites for hydroxylation is 2. The van der Waals surface area contributed by atoms with E-state index in [9.17, 15) is 13.2 Å². The number of fused-ring (bicyclic) bond motifs is 1. The van der Waals surface area contributed by atoms with Gasteiger partial charge in [-0.15, -0.1) is 0 Å². The molecule has 39 heavy (non-hydrogen) atoms. The number of para-hydroxylation sites is 1. The first kappa shape index (κ1) is 29.6. The Labute approximate surface area is 239 Å². The van der Waals surface area contributed by atoms with Crippen molar-refractivity contribution >= 4 is 50.0 Å². The molecule has 3 N–H and O–H groups in total. The second-order valence-electron chi connectivity index (χ2n) is 9.77. The topological polar surface area (TPSA) is 115 Å². The number of ether oxygens (including phenoxy) is 1. The Morgan fingerprint density at radius 2 is 1.97 bits per heavy atom. The zero-order chi connectivity index (χ0) is 28.2. The van der Waals surface area contributed by atoms with E-state index in [0.29, 0.717) is 42.8 Å². The number of hydrogen-bond donors (Lipinski definition) is 2. The third-order valence-electron chi connectivity index (χ3n) is 6.93. The molecule has 1 aliphatic rings. The molecule has 1 amide bonds. The molecule has 4 rings (SSSR count). The zero-order valence-electron chi connectivity index (χ0n) is 22.2. The van der Waals surface area contributed by atoms with E-state index in [1.807, 2.05) is 32.0 Å². The minimum absolute atomic E-state index is 0.0177. The quantitative estimate of drug-likeness (QED) is 0.298. The fourth-order valence-electron chi connectivity index (χ4n) is 4.92. The summed E-state index contributed by atoms with van der Waals surface area (Å²) < 4.78 is 34.8. The van der Waals surface area contributed by atoms with Crippen LogP contribution in [0.25, 0.3) is 10.9 Å². The molecule has 1 fully saturated rings. The molecule has 1 aliphatic heterocycles. The summed E-state index contributed by atoms with van der Waals surface area (Å²) in [4.78, 5) is 17.4. The van der Waals surface area contributed by atoms with Crippen LogP contribution in [0.15, 0.2) is 41.3 Å². The zero-order valence-corrected chi connectivity index (χ0v) is 24.5. The van der Waals surface area contributed by atoms with E-state index in [1.54, 1.807) is 6.07 Å². The number of hydrogen-bond acceptors (Lipinski definition) is 6. The summed E-state index contributed by atoms with van der Waals surface area (Å²) in [7, 11) is -4.07. The average molecular weight is 594 g/mol. The fourth-order valence-corrected chi connectivity index (χ4v) is 7.44.